The van der Waals surface area contributed by atoms with Crippen LogP contribution in [-0.4, -0.2) is 41.4 Å². The molecule has 0 saturated carbocycles. The number of nitrogens with zero attached hydrogens (tertiary/aromatic N) is 5. The summed E-state index contributed by atoms with van der Waals surface area (Å²) < 4.78 is 7.73. The zero-order valence-electron chi connectivity index (χ0n) is 16.9. The second kappa shape index (κ2) is 7.64. The van der Waals surface area contributed by atoms with Crippen molar-refractivity contribution in [1.82, 2.24) is 29.7 Å². The third kappa shape index (κ3) is 3.60. The summed E-state index contributed by atoms with van der Waals surface area (Å²) >= 11 is 6.65. The summed E-state index contributed by atoms with van der Waals surface area (Å²) in [4.78, 5) is 16.8. The molecule has 0 amide bonds. The van der Waals surface area contributed by atoms with Crippen molar-refractivity contribution < 1.29 is 9.84 Å². The predicted molar refractivity (Wildman–Crippen MR) is 118 cm³/mol. The summed E-state index contributed by atoms with van der Waals surface area (Å²) in [6.45, 7) is 3.79. The Kier molecular flexibility index (Phi) is 4.80. The van der Waals surface area contributed by atoms with Crippen molar-refractivity contribution in [3.05, 3.63) is 59.8 Å². The van der Waals surface area contributed by atoms with Gasteiger partial charge in [0.2, 0.25) is 0 Å². The van der Waals surface area contributed by atoms with Crippen LogP contribution < -0.4 is 4.74 Å². The smallest absolute Gasteiger partial charge is 0.148 e. The molecular weight excluding hydrogens is 416 g/mol. The van der Waals surface area contributed by atoms with Gasteiger partial charge in [-0.25, -0.2) is 9.97 Å². The molecule has 0 radical (unpaired) electrons. The summed E-state index contributed by atoms with van der Waals surface area (Å²) in [5, 5.41) is 14.0. The highest BCUT2D eigenvalue weighted by Gasteiger charge is 2.14. The molecule has 0 saturated heterocycles. The first-order valence-electron chi connectivity index (χ1n) is 9.76. The highest BCUT2D eigenvalue weighted by Crippen LogP contribution is 2.35. The van der Waals surface area contributed by atoms with Crippen molar-refractivity contribution in [3.8, 4) is 22.8 Å². The second-order valence-electron chi connectivity index (χ2n) is 7.34. The highest BCUT2D eigenvalue weighted by molar-refractivity contribution is 6.36. The van der Waals surface area contributed by atoms with E-state index in [-0.39, 0.29) is 12.6 Å². The number of aliphatic hydroxyl groups is 1. The van der Waals surface area contributed by atoms with Crippen molar-refractivity contribution in [2.24, 2.45) is 0 Å². The van der Waals surface area contributed by atoms with E-state index in [4.69, 9.17) is 21.3 Å². The number of hydrogen-bond acceptors (Lipinski definition) is 6. The summed E-state index contributed by atoms with van der Waals surface area (Å²) in [5.74, 6) is 1.97. The molecule has 3 heterocycles. The summed E-state index contributed by atoms with van der Waals surface area (Å²) in [6, 6.07) is 9.11. The standard InChI is InChI=1S/C22H19ClN6O2/c1-12(11-30)29-10-14(8-25-29)19-9-24-17-5-6-20(21(23)22(17)28-19)31-15-3-4-16-18(7-15)27-13(2)26-16/h3-10,12,30H,11H2,1-2H3,(H,26,27). The van der Waals surface area contributed by atoms with E-state index in [1.165, 1.54) is 0 Å². The molecule has 0 aliphatic carbocycles. The SMILES string of the molecule is Cc1nc2ccc(Oc3ccc4ncc(-c5cnn(C(C)CO)c5)nc4c3Cl)cc2[nH]1. The maximum Gasteiger partial charge on any atom is 0.148 e. The molecule has 0 bridgehead atoms. The van der Waals surface area contributed by atoms with Gasteiger partial charge in [-0.15, -0.1) is 0 Å². The van der Waals surface area contributed by atoms with E-state index in [9.17, 15) is 5.11 Å². The Balaban J connectivity index is 1.51. The van der Waals surface area contributed by atoms with Crippen LogP contribution in [0.5, 0.6) is 11.5 Å². The normalized spacial score (nSPS) is 12.5. The lowest BCUT2D eigenvalue weighted by Crippen LogP contribution is -2.09. The number of halogens is 1. The number of H-pyrrole nitrogens is 1. The van der Waals surface area contributed by atoms with Crippen LogP contribution in [0.25, 0.3) is 33.3 Å². The molecular formula is C22H19ClN6O2. The van der Waals surface area contributed by atoms with Gasteiger partial charge in [-0.05, 0) is 38.1 Å². The molecule has 0 aliphatic rings. The fraction of sp³-hybridized carbons (Fsp3) is 0.182. The molecule has 31 heavy (non-hydrogen) atoms. The van der Waals surface area contributed by atoms with Crippen LogP contribution in [0.1, 0.15) is 18.8 Å². The first-order valence-corrected chi connectivity index (χ1v) is 10.1. The fourth-order valence-electron chi connectivity index (χ4n) is 3.35. The molecule has 0 fully saturated rings. The van der Waals surface area contributed by atoms with Crippen LogP contribution in [0, 0.1) is 6.92 Å². The molecule has 9 heteroatoms. The average molecular weight is 435 g/mol. The lowest BCUT2D eigenvalue weighted by molar-refractivity contribution is 0.230. The van der Waals surface area contributed by atoms with Gasteiger partial charge in [0, 0.05) is 17.8 Å². The van der Waals surface area contributed by atoms with E-state index < -0.39 is 0 Å². The van der Waals surface area contributed by atoms with E-state index >= 15 is 0 Å². The minimum Gasteiger partial charge on any atom is -0.456 e. The van der Waals surface area contributed by atoms with Gasteiger partial charge < -0.3 is 14.8 Å². The van der Waals surface area contributed by atoms with Gasteiger partial charge in [0.05, 0.1) is 47.3 Å². The molecule has 2 N–H and O–H groups in total. The Hall–Kier alpha value is -3.49. The Morgan fingerprint density at radius 3 is 2.84 bits per heavy atom. The van der Waals surface area contributed by atoms with Crippen LogP contribution >= 0.6 is 11.6 Å². The van der Waals surface area contributed by atoms with Crippen LogP contribution in [0.2, 0.25) is 5.02 Å². The molecule has 5 aromatic rings. The van der Waals surface area contributed by atoms with Crippen LogP contribution in [0.15, 0.2) is 48.9 Å². The van der Waals surface area contributed by atoms with Gasteiger partial charge in [0.1, 0.15) is 27.9 Å². The Labute approximate surface area is 182 Å². The number of aromatic nitrogens is 6. The maximum absolute atomic E-state index is 9.33. The van der Waals surface area contributed by atoms with Crippen molar-refractivity contribution >= 4 is 33.7 Å². The van der Waals surface area contributed by atoms with Gasteiger partial charge in [0.15, 0.2) is 0 Å². The number of ether oxygens (including phenoxy) is 1. The third-order valence-corrected chi connectivity index (χ3v) is 5.40. The number of imidazole rings is 1. The molecule has 1 atom stereocenters. The van der Waals surface area contributed by atoms with E-state index in [0.717, 1.165) is 22.4 Å². The zero-order valence-corrected chi connectivity index (χ0v) is 17.6. The first kappa shape index (κ1) is 19.5. The minimum absolute atomic E-state index is 0.000945. The van der Waals surface area contributed by atoms with Crippen LogP contribution in [0.4, 0.5) is 0 Å². The summed E-state index contributed by atoms with van der Waals surface area (Å²) in [6.07, 6.45) is 5.20. The molecule has 8 nitrogen and oxygen atoms in total. The molecule has 5 rings (SSSR count). The van der Waals surface area contributed by atoms with E-state index in [1.807, 2.05) is 44.3 Å². The van der Waals surface area contributed by atoms with Crippen LogP contribution in [0.3, 0.4) is 0 Å². The fourth-order valence-corrected chi connectivity index (χ4v) is 3.59. The molecule has 2 aromatic carbocycles. The number of hydrogen-bond donors (Lipinski definition) is 2. The number of aliphatic hydroxyl groups excluding tert-OH is 1. The highest BCUT2D eigenvalue weighted by atomic mass is 35.5. The monoisotopic (exact) mass is 434 g/mol. The average Bonchev–Trinajstić information content (AvgIpc) is 3.41. The van der Waals surface area contributed by atoms with E-state index in [1.54, 1.807) is 23.1 Å². The predicted octanol–water partition coefficient (Wildman–Crippen LogP) is 4.68. The van der Waals surface area contributed by atoms with E-state index in [0.29, 0.717) is 33.2 Å². The largest absolute Gasteiger partial charge is 0.456 e. The topological polar surface area (TPSA) is 102 Å². The lowest BCUT2D eigenvalue weighted by atomic mass is 10.2. The number of aryl methyl sites for hydroxylation is 1. The third-order valence-electron chi connectivity index (χ3n) is 5.03. The quantitative estimate of drug-likeness (QED) is 0.416. The minimum atomic E-state index is -0.123. The molecule has 156 valence electrons. The number of nitrogens with one attached hydrogen (secondary N) is 1. The van der Waals surface area contributed by atoms with E-state index in [2.05, 4.69) is 20.1 Å². The van der Waals surface area contributed by atoms with Crippen LogP contribution in [-0.2, 0) is 0 Å². The molecule has 3 aromatic heterocycles. The zero-order chi connectivity index (χ0) is 21.5. The second-order valence-corrected chi connectivity index (χ2v) is 7.72. The van der Waals surface area contributed by atoms with Gasteiger partial charge in [-0.2, -0.15) is 5.10 Å². The summed E-state index contributed by atoms with van der Waals surface area (Å²) in [7, 11) is 0. The van der Waals surface area contributed by atoms with Gasteiger partial charge in [-0.1, -0.05) is 11.6 Å². The van der Waals surface area contributed by atoms with Gasteiger partial charge in [-0.3, -0.25) is 9.67 Å². The van der Waals surface area contributed by atoms with Crippen molar-refractivity contribution in [2.75, 3.05) is 6.61 Å². The molecule has 0 spiro atoms. The Bertz CT molecular complexity index is 1410. The number of benzene rings is 2. The summed E-state index contributed by atoms with van der Waals surface area (Å²) in [5.41, 5.74) is 4.40. The number of aromatic amines is 1. The Morgan fingerprint density at radius 1 is 1.16 bits per heavy atom. The Morgan fingerprint density at radius 2 is 2.00 bits per heavy atom. The van der Waals surface area contributed by atoms with Crippen molar-refractivity contribution in [3.63, 3.8) is 0 Å². The first-order chi connectivity index (χ1) is 15.0. The molecule has 0 aliphatic heterocycles. The van der Waals surface area contributed by atoms with Crippen molar-refractivity contribution in [2.45, 2.75) is 19.9 Å². The number of fused-ring (bicyclic) bond motifs is 2. The lowest BCUT2D eigenvalue weighted by Gasteiger charge is -2.10. The van der Waals surface area contributed by atoms with Gasteiger partial charge >= 0.3 is 0 Å². The van der Waals surface area contributed by atoms with Crippen molar-refractivity contribution in [1.29, 1.82) is 0 Å². The maximum atomic E-state index is 9.33. The number of rotatable bonds is 5. The molecule has 1 unspecified atom stereocenters. The van der Waals surface area contributed by atoms with Gasteiger partial charge in [0.25, 0.3) is 0 Å².